The molecule has 1 heterocycles. The van der Waals surface area contributed by atoms with E-state index in [1.807, 2.05) is 18.2 Å². The number of hydrogen-bond acceptors (Lipinski definition) is 3. The second-order valence-corrected chi connectivity index (χ2v) is 4.73. The van der Waals surface area contributed by atoms with Crippen LogP contribution in [0.4, 0.5) is 0 Å². The Morgan fingerprint density at radius 2 is 1.93 bits per heavy atom. The van der Waals surface area contributed by atoms with Crippen LogP contribution in [0.15, 0.2) is 24.3 Å². The number of piperidine rings is 1. The molecule has 0 spiro atoms. The molecule has 3 nitrogen and oxygen atoms in total. The molecule has 2 unspecified atom stereocenters. The van der Waals surface area contributed by atoms with E-state index >= 15 is 0 Å². The Morgan fingerprint density at radius 3 is 2.60 bits per heavy atom. The molecule has 1 saturated carbocycles. The van der Waals surface area contributed by atoms with Crippen molar-refractivity contribution >= 4 is 0 Å². The molecule has 0 amide bonds. The fourth-order valence-corrected chi connectivity index (χ4v) is 2.67. The number of rotatable bonds is 2. The van der Waals surface area contributed by atoms with Gasteiger partial charge in [-0.1, -0.05) is 18.2 Å². The van der Waals surface area contributed by atoms with Crippen molar-refractivity contribution in [2.24, 2.45) is 17.6 Å². The third kappa shape index (κ3) is 1.52. The molecular formula is C12H16N2O. The van der Waals surface area contributed by atoms with E-state index in [1.165, 1.54) is 0 Å². The predicted octanol–water partition coefficient (Wildman–Crippen LogP) is 0.781. The highest BCUT2D eigenvalue weighted by molar-refractivity contribution is 5.31. The van der Waals surface area contributed by atoms with Gasteiger partial charge >= 0.3 is 0 Å². The molecule has 3 rings (SSSR count). The Morgan fingerprint density at radius 1 is 1.27 bits per heavy atom. The third-order valence-electron chi connectivity index (χ3n) is 3.72. The van der Waals surface area contributed by atoms with Gasteiger partial charge in [-0.15, -0.1) is 0 Å². The molecule has 0 radical (unpaired) electrons. The Hall–Kier alpha value is -1.06. The quantitative estimate of drug-likeness (QED) is 0.748. The van der Waals surface area contributed by atoms with Crippen LogP contribution < -0.4 is 5.73 Å². The second-order valence-electron chi connectivity index (χ2n) is 4.73. The van der Waals surface area contributed by atoms with Crippen molar-refractivity contribution in [3.05, 3.63) is 29.8 Å². The molecule has 1 saturated heterocycles. The lowest BCUT2D eigenvalue weighted by molar-refractivity contribution is 0.285. The average Bonchev–Trinajstić information content (AvgIpc) is 2.67. The Kier molecular flexibility index (Phi) is 1.97. The summed E-state index contributed by atoms with van der Waals surface area (Å²) in [6, 6.07) is 8.01. The average molecular weight is 204 g/mol. The minimum absolute atomic E-state index is 0.405. The predicted molar refractivity (Wildman–Crippen MR) is 58.3 cm³/mol. The van der Waals surface area contributed by atoms with E-state index in [4.69, 9.17) is 5.73 Å². The van der Waals surface area contributed by atoms with Crippen LogP contribution in [-0.4, -0.2) is 29.1 Å². The van der Waals surface area contributed by atoms with Gasteiger partial charge in [-0.2, -0.15) is 0 Å². The first-order valence-corrected chi connectivity index (χ1v) is 5.50. The molecule has 2 aliphatic rings. The normalized spacial score (nSPS) is 34.1. The molecule has 80 valence electrons. The number of aromatic hydroxyl groups is 1. The summed E-state index contributed by atoms with van der Waals surface area (Å²) in [5, 5.41) is 9.65. The van der Waals surface area contributed by atoms with Crippen LogP contribution in [0.3, 0.4) is 0 Å². The lowest BCUT2D eigenvalue weighted by Gasteiger charge is -2.18. The molecule has 1 aliphatic heterocycles. The van der Waals surface area contributed by atoms with Crippen molar-refractivity contribution in [2.45, 2.75) is 12.6 Å². The summed E-state index contributed by atoms with van der Waals surface area (Å²) < 4.78 is 0. The molecule has 2 fully saturated rings. The zero-order valence-electron chi connectivity index (χ0n) is 8.63. The minimum atomic E-state index is 0.405. The third-order valence-corrected chi connectivity index (χ3v) is 3.72. The van der Waals surface area contributed by atoms with Gasteiger partial charge in [0.15, 0.2) is 0 Å². The fraction of sp³-hybridized carbons (Fsp3) is 0.500. The van der Waals surface area contributed by atoms with Crippen molar-refractivity contribution < 1.29 is 5.11 Å². The van der Waals surface area contributed by atoms with E-state index in [1.54, 1.807) is 6.07 Å². The summed E-state index contributed by atoms with van der Waals surface area (Å²) in [5.74, 6) is 1.84. The molecule has 1 aliphatic carbocycles. The maximum absolute atomic E-state index is 9.65. The van der Waals surface area contributed by atoms with E-state index in [-0.39, 0.29) is 0 Å². The maximum Gasteiger partial charge on any atom is 0.120 e. The van der Waals surface area contributed by atoms with Crippen molar-refractivity contribution in [1.29, 1.82) is 0 Å². The van der Waals surface area contributed by atoms with Gasteiger partial charge in [0.25, 0.3) is 0 Å². The van der Waals surface area contributed by atoms with Crippen LogP contribution in [0.5, 0.6) is 5.75 Å². The Bertz CT molecular complexity index is 368. The van der Waals surface area contributed by atoms with Crippen LogP contribution >= 0.6 is 0 Å². The van der Waals surface area contributed by atoms with Crippen molar-refractivity contribution in [2.75, 3.05) is 13.1 Å². The van der Waals surface area contributed by atoms with E-state index in [0.717, 1.165) is 37.0 Å². The Balaban J connectivity index is 1.65. The maximum atomic E-state index is 9.65. The summed E-state index contributed by atoms with van der Waals surface area (Å²) >= 11 is 0. The smallest absolute Gasteiger partial charge is 0.120 e. The summed E-state index contributed by atoms with van der Waals surface area (Å²) in [7, 11) is 0. The monoisotopic (exact) mass is 204 g/mol. The SMILES string of the molecule is NC1C2CN(Cc3ccccc3O)CC12. The first-order chi connectivity index (χ1) is 7.25. The summed E-state index contributed by atoms with van der Waals surface area (Å²) in [5.41, 5.74) is 6.90. The van der Waals surface area contributed by atoms with Gasteiger partial charge in [0.2, 0.25) is 0 Å². The number of phenols is 1. The highest BCUT2D eigenvalue weighted by atomic mass is 16.3. The zero-order chi connectivity index (χ0) is 10.4. The molecule has 3 heteroatoms. The molecule has 15 heavy (non-hydrogen) atoms. The lowest BCUT2D eigenvalue weighted by Crippen LogP contribution is -2.27. The summed E-state index contributed by atoms with van der Waals surface area (Å²) in [6.45, 7) is 3.05. The molecule has 3 N–H and O–H groups in total. The van der Waals surface area contributed by atoms with Gasteiger partial charge < -0.3 is 10.8 Å². The summed E-state index contributed by atoms with van der Waals surface area (Å²) in [6.07, 6.45) is 0. The van der Waals surface area contributed by atoms with Crippen molar-refractivity contribution in [1.82, 2.24) is 4.90 Å². The van der Waals surface area contributed by atoms with E-state index in [9.17, 15) is 5.11 Å². The molecule has 1 aromatic carbocycles. The Labute approximate surface area is 89.5 Å². The molecule has 1 aromatic rings. The van der Waals surface area contributed by atoms with Crippen LogP contribution in [0.1, 0.15) is 5.56 Å². The lowest BCUT2D eigenvalue weighted by atomic mass is 10.2. The minimum Gasteiger partial charge on any atom is -0.508 e. The number of hydrogen-bond donors (Lipinski definition) is 2. The van der Waals surface area contributed by atoms with Gasteiger partial charge in [-0.05, 0) is 17.9 Å². The first-order valence-electron chi connectivity index (χ1n) is 5.50. The number of nitrogens with two attached hydrogens (primary N) is 1. The van der Waals surface area contributed by atoms with Crippen LogP contribution in [0.2, 0.25) is 0 Å². The van der Waals surface area contributed by atoms with Gasteiger partial charge in [-0.25, -0.2) is 0 Å². The highest BCUT2D eigenvalue weighted by Gasteiger charge is 2.53. The number of nitrogens with zero attached hydrogens (tertiary/aromatic N) is 1. The number of phenolic OH excluding ortho intramolecular Hbond substituents is 1. The van der Waals surface area contributed by atoms with Crippen LogP contribution in [0.25, 0.3) is 0 Å². The van der Waals surface area contributed by atoms with Crippen LogP contribution in [0, 0.1) is 11.8 Å². The van der Waals surface area contributed by atoms with E-state index in [0.29, 0.717) is 11.8 Å². The zero-order valence-corrected chi connectivity index (χ0v) is 8.63. The van der Waals surface area contributed by atoms with Crippen LogP contribution in [-0.2, 0) is 6.54 Å². The molecule has 0 bridgehead atoms. The number of benzene rings is 1. The standard InChI is InChI=1S/C12H16N2O/c13-12-9-6-14(7-10(9)12)5-8-3-1-2-4-11(8)15/h1-4,9-10,12,15H,5-7,13H2. The van der Waals surface area contributed by atoms with E-state index in [2.05, 4.69) is 4.90 Å². The van der Waals surface area contributed by atoms with Gasteiger partial charge in [0.05, 0.1) is 0 Å². The van der Waals surface area contributed by atoms with Gasteiger partial charge in [0, 0.05) is 31.2 Å². The fourth-order valence-electron chi connectivity index (χ4n) is 2.67. The van der Waals surface area contributed by atoms with Gasteiger partial charge in [0.1, 0.15) is 5.75 Å². The second kappa shape index (κ2) is 3.22. The molecular weight excluding hydrogens is 188 g/mol. The topological polar surface area (TPSA) is 49.5 Å². The largest absolute Gasteiger partial charge is 0.508 e. The van der Waals surface area contributed by atoms with Crippen molar-refractivity contribution in [3.8, 4) is 5.75 Å². The summed E-state index contributed by atoms with van der Waals surface area (Å²) in [4.78, 5) is 2.38. The number of fused-ring (bicyclic) bond motifs is 1. The molecule has 2 atom stereocenters. The highest BCUT2D eigenvalue weighted by Crippen LogP contribution is 2.44. The van der Waals surface area contributed by atoms with Gasteiger partial charge in [-0.3, -0.25) is 4.90 Å². The van der Waals surface area contributed by atoms with Crippen molar-refractivity contribution in [3.63, 3.8) is 0 Å². The number of para-hydroxylation sites is 1. The van der Waals surface area contributed by atoms with E-state index < -0.39 is 0 Å². The first kappa shape index (κ1) is 9.19. The molecule has 0 aromatic heterocycles. The number of likely N-dealkylation sites (tertiary alicyclic amines) is 1.